The van der Waals surface area contributed by atoms with Crippen molar-refractivity contribution in [2.75, 3.05) is 19.7 Å². The van der Waals surface area contributed by atoms with Gasteiger partial charge in [-0.05, 0) is 57.1 Å². The van der Waals surface area contributed by atoms with E-state index in [1.807, 2.05) is 0 Å². The standard InChI is InChI=1S/C19H31NO/c1-3-12-20-15-18(17-8-4-7-16(2)14-17)9-5-10-19-11-6-13-21-19/h4,7-8,14,18-20H,3,5-6,9-13,15H2,1-2H3. The Balaban J connectivity index is 1.85. The SMILES string of the molecule is CCCNCC(CCCC1CCCO1)c1cccc(C)c1. The summed E-state index contributed by atoms with van der Waals surface area (Å²) >= 11 is 0. The maximum atomic E-state index is 5.74. The van der Waals surface area contributed by atoms with E-state index >= 15 is 0 Å². The van der Waals surface area contributed by atoms with Crippen molar-refractivity contribution >= 4 is 0 Å². The van der Waals surface area contributed by atoms with Crippen LogP contribution in [-0.2, 0) is 4.74 Å². The second-order valence-corrected chi connectivity index (χ2v) is 6.38. The van der Waals surface area contributed by atoms with Crippen LogP contribution in [0.4, 0.5) is 0 Å². The van der Waals surface area contributed by atoms with Gasteiger partial charge in [-0.1, -0.05) is 43.2 Å². The van der Waals surface area contributed by atoms with E-state index in [2.05, 4.69) is 43.4 Å². The summed E-state index contributed by atoms with van der Waals surface area (Å²) in [6.07, 6.45) is 8.03. The summed E-state index contributed by atoms with van der Waals surface area (Å²) in [5, 5.41) is 3.60. The first-order valence-electron chi connectivity index (χ1n) is 8.68. The van der Waals surface area contributed by atoms with Crippen LogP contribution in [0.25, 0.3) is 0 Å². The molecule has 2 heteroatoms. The lowest BCUT2D eigenvalue weighted by Crippen LogP contribution is -2.22. The van der Waals surface area contributed by atoms with Gasteiger partial charge in [-0.3, -0.25) is 0 Å². The van der Waals surface area contributed by atoms with Crippen LogP contribution in [0.2, 0.25) is 0 Å². The van der Waals surface area contributed by atoms with Crippen molar-refractivity contribution in [1.82, 2.24) is 5.32 Å². The molecule has 1 aliphatic heterocycles. The number of rotatable bonds is 9. The zero-order valence-electron chi connectivity index (χ0n) is 13.7. The maximum absolute atomic E-state index is 5.74. The topological polar surface area (TPSA) is 21.3 Å². The van der Waals surface area contributed by atoms with E-state index in [-0.39, 0.29) is 0 Å². The van der Waals surface area contributed by atoms with Crippen molar-refractivity contribution < 1.29 is 4.74 Å². The number of hydrogen-bond donors (Lipinski definition) is 1. The van der Waals surface area contributed by atoms with Crippen LogP contribution in [0, 0.1) is 6.92 Å². The first-order chi connectivity index (χ1) is 10.3. The quantitative estimate of drug-likeness (QED) is 0.679. The Morgan fingerprint density at radius 1 is 1.38 bits per heavy atom. The molecule has 2 unspecified atom stereocenters. The van der Waals surface area contributed by atoms with Crippen LogP contribution in [0.5, 0.6) is 0 Å². The van der Waals surface area contributed by atoms with Crippen molar-refractivity contribution in [2.24, 2.45) is 0 Å². The van der Waals surface area contributed by atoms with Gasteiger partial charge >= 0.3 is 0 Å². The molecule has 21 heavy (non-hydrogen) atoms. The summed E-state index contributed by atoms with van der Waals surface area (Å²) in [6, 6.07) is 9.02. The lowest BCUT2D eigenvalue weighted by atomic mass is 9.91. The summed E-state index contributed by atoms with van der Waals surface area (Å²) in [5.41, 5.74) is 2.86. The number of ether oxygens (including phenoxy) is 1. The highest BCUT2D eigenvalue weighted by Crippen LogP contribution is 2.25. The highest BCUT2D eigenvalue weighted by Gasteiger charge is 2.17. The fourth-order valence-electron chi connectivity index (χ4n) is 3.23. The van der Waals surface area contributed by atoms with Crippen molar-refractivity contribution in [2.45, 2.75) is 64.4 Å². The summed E-state index contributed by atoms with van der Waals surface area (Å²) in [5.74, 6) is 0.637. The largest absolute Gasteiger partial charge is 0.378 e. The van der Waals surface area contributed by atoms with E-state index < -0.39 is 0 Å². The molecule has 0 spiro atoms. The summed E-state index contributed by atoms with van der Waals surface area (Å²) in [6.45, 7) is 7.61. The molecule has 118 valence electrons. The Morgan fingerprint density at radius 3 is 3.00 bits per heavy atom. The zero-order chi connectivity index (χ0) is 14.9. The molecular formula is C19H31NO. The lowest BCUT2D eigenvalue weighted by Gasteiger charge is -2.19. The highest BCUT2D eigenvalue weighted by atomic mass is 16.5. The predicted octanol–water partition coefficient (Wildman–Crippen LogP) is 4.43. The lowest BCUT2D eigenvalue weighted by molar-refractivity contribution is 0.101. The third-order valence-electron chi connectivity index (χ3n) is 4.43. The Bertz CT molecular complexity index is 398. The zero-order valence-corrected chi connectivity index (χ0v) is 13.7. The van der Waals surface area contributed by atoms with Gasteiger partial charge in [0.1, 0.15) is 0 Å². The van der Waals surface area contributed by atoms with Crippen molar-refractivity contribution in [1.29, 1.82) is 0 Å². The molecule has 1 aliphatic rings. The van der Waals surface area contributed by atoms with E-state index in [4.69, 9.17) is 4.74 Å². The van der Waals surface area contributed by atoms with Crippen molar-refractivity contribution in [3.05, 3.63) is 35.4 Å². The van der Waals surface area contributed by atoms with Crippen LogP contribution in [0.15, 0.2) is 24.3 Å². The number of nitrogens with one attached hydrogen (secondary N) is 1. The van der Waals surface area contributed by atoms with Gasteiger partial charge in [-0.2, -0.15) is 0 Å². The highest BCUT2D eigenvalue weighted by molar-refractivity contribution is 5.25. The van der Waals surface area contributed by atoms with E-state index in [0.29, 0.717) is 12.0 Å². The second kappa shape index (κ2) is 9.22. The van der Waals surface area contributed by atoms with Crippen LogP contribution in [0.3, 0.4) is 0 Å². The first-order valence-corrected chi connectivity index (χ1v) is 8.68. The molecule has 0 bridgehead atoms. The van der Waals surface area contributed by atoms with Crippen molar-refractivity contribution in [3.8, 4) is 0 Å². The molecule has 2 rings (SSSR count). The average Bonchev–Trinajstić information content (AvgIpc) is 2.99. The van der Waals surface area contributed by atoms with Crippen LogP contribution < -0.4 is 5.32 Å². The van der Waals surface area contributed by atoms with Crippen LogP contribution >= 0.6 is 0 Å². The molecule has 2 nitrogen and oxygen atoms in total. The second-order valence-electron chi connectivity index (χ2n) is 6.38. The van der Waals surface area contributed by atoms with Crippen molar-refractivity contribution in [3.63, 3.8) is 0 Å². The third-order valence-corrected chi connectivity index (χ3v) is 4.43. The van der Waals surface area contributed by atoms with Gasteiger partial charge in [0.25, 0.3) is 0 Å². The average molecular weight is 289 g/mol. The monoisotopic (exact) mass is 289 g/mol. The molecule has 1 fully saturated rings. The predicted molar refractivity (Wildman–Crippen MR) is 89.9 cm³/mol. The Labute approximate surface area is 130 Å². The molecule has 2 atom stereocenters. The minimum absolute atomic E-state index is 0.534. The molecule has 1 aromatic carbocycles. The molecular weight excluding hydrogens is 258 g/mol. The summed E-state index contributed by atoms with van der Waals surface area (Å²) in [4.78, 5) is 0. The molecule has 1 heterocycles. The fraction of sp³-hybridized carbons (Fsp3) is 0.684. The van der Waals surface area contributed by atoms with Gasteiger partial charge in [0.2, 0.25) is 0 Å². The molecule has 1 saturated heterocycles. The third kappa shape index (κ3) is 5.80. The summed E-state index contributed by atoms with van der Waals surface area (Å²) < 4.78 is 5.74. The molecule has 0 saturated carbocycles. The van der Waals surface area contributed by atoms with Gasteiger partial charge in [0.05, 0.1) is 6.10 Å². The fourth-order valence-corrected chi connectivity index (χ4v) is 3.23. The smallest absolute Gasteiger partial charge is 0.0576 e. The first kappa shape index (κ1) is 16.5. The van der Waals surface area contributed by atoms with E-state index in [1.165, 1.54) is 49.7 Å². The maximum Gasteiger partial charge on any atom is 0.0576 e. The van der Waals surface area contributed by atoms with Crippen LogP contribution in [-0.4, -0.2) is 25.8 Å². The Kier molecular flexibility index (Phi) is 7.25. The molecule has 0 aromatic heterocycles. The Morgan fingerprint density at radius 2 is 2.29 bits per heavy atom. The Hall–Kier alpha value is -0.860. The van der Waals surface area contributed by atoms with E-state index in [1.54, 1.807) is 0 Å². The molecule has 1 aromatic rings. The minimum Gasteiger partial charge on any atom is -0.378 e. The van der Waals surface area contributed by atoms with E-state index in [0.717, 1.165) is 19.7 Å². The van der Waals surface area contributed by atoms with Gasteiger partial charge in [0.15, 0.2) is 0 Å². The van der Waals surface area contributed by atoms with Gasteiger partial charge in [0, 0.05) is 13.2 Å². The van der Waals surface area contributed by atoms with Gasteiger partial charge < -0.3 is 10.1 Å². The minimum atomic E-state index is 0.534. The molecule has 1 N–H and O–H groups in total. The molecule has 0 amide bonds. The summed E-state index contributed by atoms with van der Waals surface area (Å²) in [7, 11) is 0. The van der Waals surface area contributed by atoms with E-state index in [9.17, 15) is 0 Å². The molecule has 0 aliphatic carbocycles. The van der Waals surface area contributed by atoms with Gasteiger partial charge in [-0.15, -0.1) is 0 Å². The number of hydrogen-bond acceptors (Lipinski definition) is 2. The van der Waals surface area contributed by atoms with Gasteiger partial charge in [-0.25, -0.2) is 0 Å². The normalized spacial score (nSPS) is 19.8. The molecule has 0 radical (unpaired) electrons. The number of aryl methyl sites for hydroxylation is 1. The number of benzene rings is 1. The van der Waals surface area contributed by atoms with Crippen LogP contribution in [0.1, 0.15) is 62.5 Å².